The monoisotopic (exact) mass is 868 g/mol. The van der Waals surface area contributed by atoms with Crippen LogP contribution in [-0.2, 0) is 19.1 Å². The molecule has 62 heavy (non-hydrogen) atoms. The van der Waals surface area contributed by atoms with E-state index in [9.17, 15) is 19.6 Å². The molecule has 9 rings (SSSR count). The van der Waals surface area contributed by atoms with Crippen LogP contribution in [0.15, 0.2) is 59.7 Å². The second-order valence-corrected chi connectivity index (χ2v) is 18.1. The molecule has 3 N–H and O–H groups in total. The number of ether oxygens (including phenoxy) is 3. The number of nitrogens with zero attached hydrogens (tertiary/aromatic N) is 5. The van der Waals surface area contributed by atoms with Crippen molar-refractivity contribution in [3.05, 3.63) is 88.0 Å². The first-order valence-corrected chi connectivity index (χ1v) is 22.3. The number of rotatable bonds is 11. The van der Waals surface area contributed by atoms with Crippen molar-refractivity contribution in [1.82, 2.24) is 24.1 Å². The lowest BCUT2D eigenvalue weighted by Gasteiger charge is -2.44. The maximum absolute atomic E-state index is 15.4. The van der Waals surface area contributed by atoms with E-state index in [4.69, 9.17) is 14.2 Å². The summed E-state index contributed by atoms with van der Waals surface area (Å²) in [7, 11) is 1.68. The van der Waals surface area contributed by atoms with Crippen LogP contribution in [0.2, 0.25) is 0 Å². The molecule has 0 radical (unpaired) electrons. The zero-order valence-electron chi connectivity index (χ0n) is 34.5. The number of methoxy groups -OCH3 is 1. The van der Waals surface area contributed by atoms with Gasteiger partial charge in [-0.3, -0.25) is 24.3 Å². The Labute approximate surface area is 362 Å². The summed E-state index contributed by atoms with van der Waals surface area (Å²) in [4.78, 5) is 44.8. The van der Waals surface area contributed by atoms with Crippen LogP contribution >= 0.6 is 12.1 Å². The molecule has 17 heteroatoms. The summed E-state index contributed by atoms with van der Waals surface area (Å²) in [6.07, 6.45) is 9.33. The molecular weight excluding hydrogens is 819 g/mol. The Bertz CT molecular complexity index is 2450. The molecule has 1 aliphatic carbocycles. The zero-order valence-corrected chi connectivity index (χ0v) is 35.4. The number of benzene rings is 3. The Morgan fingerprint density at radius 3 is 2.53 bits per heavy atom. The van der Waals surface area contributed by atoms with Gasteiger partial charge in [-0.05, 0) is 112 Å². The van der Waals surface area contributed by atoms with Crippen molar-refractivity contribution in [3.63, 3.8) is 0 Å². The van der Waals surface area contributed by atoms with Gasteiger partial charge in [0.05, 0.1) is 47.3 Å². The molecule has 4 saturated heterocycles. The van der Waals surface area contributed by atoms with Crippen LogP contribution < -0.4 is 25.7 Å². The fourth-order valence-corrected chi connectivity index (χ4v) is 10.7. The molecule has 1 saturated carbocycles. The number of aromatic nitrogens is 2. The average molecular weight is 869 g/mol. The normalized spacial score (nSPS) is 25.5. The van der Waals surface area contributed by atoms with Crippen LogP contribution in [0.5, 0.6) is 11.5 Å². The lowest BCUT2D eigenvalue weighted by Crippen LogP contribution is -2.49. The number of nitriles is 1. The number of amides is 2. The third kappa shape index (κ3) is 8.76. The predicted molar refractivity (Wildman–Crippen MR) is 230 cm³/mol. The van der Waals surface area contributed by atoms with Gasteiger partial charge in [0.15, 0.2) is 11.6 Å². The number of hydrogen-bond acceptors (Lipinski definition) is 13. The van der Waals surface area contributed by atoms with Crippen LogP contribution in [0.1, 0.15) is 87.3 Å². The third-order valence-corrected chi connectivity index (χ3v) is 14.3. The van der Waals surface area contributed by atoms with E-state index < -0.39 is 11.9 Å². The minimum Gasteiger partial charge on any atom is -0.453 e. The van der Waals surface area contributed by atoms with Gasteiger partial charge < -0.3 is 29.1 Å². The average Bonchev–Trinajstić information content (AvgIpc) is 3.93. The van der Waals surface area contributed by atoms with Crippen molar-refractivity contribution >= 4 is 46.2 Å². The first-order chi connectivity index (χ1) is 30.1. The molecule has 5 aliphatic rings. The van der Waals surface area contributed by atoms with Crippen LogP contribution in [0, 0.1) is 23.0 Å². The van der Waals surface area contributed by atoms with Gasteiger partial charge in [0, 0.05) is 63.6 Å². The molecule has 3 unspecified atom stereocenters. The first-order valence-electron chi connectivity index (χ1n) is 21.5. The topological polar surface area (TPSA) is 163 Å². The number of hydrogen-bond donors (Lipinski definition) is 3. The second-order valence-electron chi connectivity index (χ2n) is 17.2. The Balaban J connectivity index is 0.796. The number of likely N-dealkylation sites (tertiary alicyclic amines) is 1. The van der Waals surface area contributed by atoms with Crippen molar-refractivity contribution < 1.29 is 32.6 Å². The highest BCUT2D eigenvalue weighted by Crippen LogP contribution is 2.43. The van der Waals surface area contributed by atoms with Gasteiger partial charge in [-0.1, -0.05) is 6.07 Å². The number of carbonyl (C=O) groups is 2. The fourth-order valence-electron chi connectivity index (χ4n) is 9.87. The summed E-state index contributed by atoms with van der Waals surface area (Å²) < 4.78 is 55.4. The lowest BCUT2D eigenvalue weighted by molar-refractivity contribution is -0.133. The molecule has 1 aromatic heterocycles. The number of nitrogens with one attached hydrogen (secondary N) is 3. The number of piperidine rings is 2. The number of anilines is 2. The first kappa shape index (κ1) is 42.2. The fraction of sp³-hybridized carbons (Fsp3) is 0.489. The zero-order chi connectivity index (χ0) is 43.0. The predicted octanol–water partition coefficient (Wildman–Crippen LogP) is 6.77. The highest BCUT2D eigenvalue weighted by molar-refractivity contribution is 7.98. The van der Waals surface area contributed by atoms with Gasteiger partial charge in [0.25, 0.3) is 5.56 Å². The van der Waals surface area contributed by atoms with Crippen molar-refractivity contribution in [1.29, 1.82) is 5.26 Å². The van der Waals surface area contributed by atoms with E-state index >= 15 is 8.78 Å². The molecule has 4 aliphatic heterocycles. The van der Waals surface area contributed by atoms with Crippen molar-refractivity contribution in [2.75, 3.05) is 49.9 Å². The third-order valence-electron chi connectivity index (χ3n) is 13.4. The van der Waals surface area contributed by atoms with Gasteiger partial charge in [0.2, 0.25) is 11.8 Å². The Hall–Kier alpha value is -5.12. The quantitative estimate of drug-likeness (QED) is 0.107. The van der Waals surface area contributed by atoms with E-state index in [0.29, 0.717) is 53.3 Å². The molecule has 5 fully saturated rings. The Kier molecular flexibility index (Phi) is 12.2. The SMILES string of the molecule is COC1CCN(SNc2ccc(F)c(Oc3ccc4ncn(C5COC6(CCN(C7CCC(c8ccc(NC9CCC(=O)NC9=O)cc8F)CC7)CC6)C5)c(=O)c4c3)c2C#N)C1. The van der Waals surface area contributed by atoms with E-state index in [0.717, 1.165) is 71.1 Å². The molecule has 5 heterocycles. The van der Waals surface area contributed by atoms with Gasteiger partial charge in [-0.15, -0.1) is 0 Å². The molecular formula is C45H50F2N8O6S. The van der Waals surface area contributed by atoms with E-state index in [-0.39, 0.29) is 70.3 Å². The summed E-state index contributed by atoms with van der Waals surface area (Å²) in [6.45, 7) is 3.68. The van der Waals surface area contributed by atoms with Gasteiger partial charge in [0.1, 0.15) is 29.2 Å². The summed E-state index contributed by atoms with van der Waals surface area (Å²) in [5.74, 6) is -1.54. The summed E-state index contributed by atoms with van der Waals surface area (Å²) in [5.41, 5.74) is 1.55. The number of imide groups is 1. The highest BCUT2D eigenvalue weighted by atomic mass is 32.2. The molecule has 1 spiro atoms. The maximum atomic E-state index is 15.4. The lowest BCUT2D eigenvalue weighted by atomic mass is 9.79. The summed E-state index contributed by atoms with van der Waals surface area (Å²) >= 11 is 1.33. The van der Waals surface area contributed by atoms with Crippen LogP contribution in [0.4, 0.5) is 20.2 Å². The maximum Gasteiger partial charge on any atom is 0.261 e. The largest absolute Gasteiger partial charge is 0.453 e. The van der Waals surface area contributed by atoms with Crippen molar-refractivity contribution in [2.45, 2.75) is 100.0 Å². The minimum absolute atomic E-state index is 0.0106. The smallest absolute Gasteiger partial charge is 0.261 e. The van der Waals surface area contributed by atoms with Crippen LogP contribution in [0.25, 0.3) is 10.9 Å². The second kappa shape index (κ2) is 17.9. The van der Waals surface area contributed by atoms with Crippen LogP contribution in [-0.4, -0.2) is 94.3 Å². The summed E-state index contributed by atoms with van der Waals surface area (Å²) in [5, 5.41) is 15.8. The summed E-state index contributed by atoms with van der Waals surface area (Å²) in [6, 6.07) is 14.4. The van der Waals surface area contributed by atoms with Crippen LogP contribution in [0.3, 0.4) is 0 Å². The van der Waals surface area contributed by atoms with Crippen molar-refractivity contribution in [2.24, 2.45) is 0 Å². The van der Waals surface area contributed by atoms with E-state index in [1.165, 1.54) is 30.3 Å². The minimum atomic E-state index is -0.700. The molecule has 4 aromatic rings. The molecule has 2 amide bonds. The Morgan fingerprint density at radius 1 is 0.968 bits per heavy atom. The molecule has 3 aromatic carbocycles. The van der Waals surface area contributed by atoms with Crippen molar-refractivity contribution in [3.8, 4) is 17.6 Å². The van der Waals surface area contributed by atoms with E-state index in [1.54, 1.807) is 36.2 Å². The molecule has 3 atom stereocenters. The molecule has 326 valence electrons. The van der Waals surface area contributed by atoms with E-state index in [1.807, 2.05) is 12.1 Å². The highest BCUT2D eigenvalue weighted by Gasteiger charge is 2.45. The number of halogens is 2. The molecule has 14 nitrogen and oxygen atoms in total. The van der Waals surface area contributed by atoms with Gasteiger partial charge in [-0.2, -0.15) is 5.26 Å². The van der Waals surface area contributed by atoms with E-state index in [2.05, 4.69) is 35.6 Å². The van der Waals surface area contributed by atoms with Gasteiger partial charge >= 0.3 is 0 Å². The molecule has 0 bridgehead atoms. The standard InChI is InChI=1S/C45H50F2N8O6S/c1-59-32-14-17-54(24-32)62-52-39-11-9-36(46)42(35(39)23-48)61-31-7-10-38-34(21-31)44(58)55(26-49-38)30-22-45(60-25-30)15-18-53(19-16-45)29-5-2-27(3-6-29)33-8-4-28(20-37(33)47)50-40-12-13-41(56)51-43(40)57/h4,7-11,20-21,26-27,29-30,32,40,50,52H,2-3,5-6,12-19,22,24-25H2,1H3,(H,51,56,57). The number of fused-ring (bicyclic) bond motifs is 1. The van der Waals surface area contributed by atoms with Gasteiger partial charge in [-0.25, -0.2) is 18.1 Å². The number of carbonyl (C=O) groups excluding carboxylic acids is 2. The Morgan fingerprint density at radius 2 is 1.79 bits per heavy atom.